The summed E-state index contributed by atoms with van der Waals surface area (Å²) in [5.41, 5.74) is 11.6. The maximum atomic E-state index is 9.61. The second-order valence-corrected chi connectivity index (χ2v) is 2.85. The Bertz CT molecular complexity index is 466. The Morgan fingerprint density at radius 2 is 1.85 bits per heavy atom. The highest BCUT2D eigenvalue weighted by Gasteiger charge is 2.06. The average Bonchev–Trinajstić information content (AvgIpc) is 2.15. The van der Waals surface area contributed by atoms with Gasteiger partial charge in [-0.1, -0.05) is 24.3 Å². The summed E-state index contributed by atoms with van der Waals surface area (Å²) in [7, 11) is 0. The van der Waals surface area contributed by atoms with Gasteiger partial charge in [0.05, 0.1) is 11.4 Å². The molecule has 0 aromatic heterocycles. The second kappa shape index (κ2) is 2.55. The fourth-order valence-electron chi connectivity index (χ4n) is 1.28. The highest BCUT2D eigenvalue weighted by atomic mass is 16.3. The second-order valence-electron chi connectivity index (χ2n) is 2.85. The molecule has 2 aromatic rings. The van der Waals surface area contributed by atoms with Crippen LogP contribution in [0.1, 0.15) is 0 Å². The van der Waals surface area contributed by atoms with Gasteiger partial charge in [0.2, 0.25) is 0 Å². The van der Waals surface area contributed by atoms with Crippen molar-refractivity contribution in [3.8, 4) is 5.75 Å². The summed E-state index contributed by atoms with van der Waals surface area (Å²) in [5.74, 6) is 0.0341. The molecule has 0 unspecified atom stereocenters. The molecule has 0 fully saturated rings. The first-order chi connectivity index (χ1) is 6.20. The molecule has 5 N–H and O–H groups in total. The Labute approximate surface area is 75.6 Å². The van der Waals surface area contributed by atoms with E-state index in [1.165, 1.54) is 0 Å². The minimum atomic E-state index is 0.0341. The lowest BCUT2D eigenvalue weighted by Gasteiger charge is -2.06. The van der Waals surface area contributed by atoms with Crippen LogP contribution in [0.3, 0.4) is 0 Å². The Morgan fingerprint density at radius 3 is 2.62 bits per heavy atom. The molecule has 0 saturated heterocycles. The van der Waals surface area contributed by atoms with E-state index in [0.29, 0.717) is 5.39 Å². The van der Waals surface area contributed by atoms with Crippen LogP contribution in [0.5, 0.6) is 5.75 Å². The molecule has 0 spiro atoms. The molecule has 1 radical (unpaired) electrons. The number of rotatable bonds is 0. The number of phenolic OH excluding ortho intramolecular Hbond substituents is 1. The lowest BCUT2D eigenvalue weighted by molar-refractivity contribution is 0.484. The van der Waals surface area contributed by atoms with Gasteiger partial charge in [-0.25, -0.2) is 0 Å². The molecule has 0 aliphatic carbocycles. The van der Waals surface area contributed by atoms with Crippen LogP contribution in [0.15, 0.2) is 24.3 Å². The number of phenols is 1. The van der Waals surface area contributed by atoms with Crippen molar-refractivity contribution < 1.29 is 5.11 Å². The number of benzene rings is 2. The molecule has 3 nitrogen and oxygen atoms in total. The Morgan fingerprint density at radius 1 is 1.15 bits per heavy atom. The van der Waals surface area contributed by atoms with Gasteiger partial charge in [0, 0.05) is 11.5 Å². The molecule has 2 aromatic carbocycles. The number of hydrogen-bond acceptors (Lipinski definition) is 3. The van der Waals surface area contributed by atoms with E-state index in [1.807, 2.05) is 18.2 Å². The minimum Gasteiger partial charge on any atom is -0.505 e. The van der Waals surface area contributed by atoms with Gasteiger partial charge in [-0.05, 0) is 5.39 Å². The van der Waals surface area contributed by atoms with Crippen LogP contribution in [0, 0.1) is 6.07 Å². The van der Waals surface area contributed by atoms with E-state index in [2.05, 4.69) is 6.07 Å². The van der Waals surface area contributed by atoms with Gasteiger partial charge in [-0.2, -0.15) is 0 Å². The molecule has 0 aliphatic heterocycles. The third kappa shape index (κ3) is 1.05. The van der Waals surface area contributed by atoms with Gasteiger partial charge >= 0.3 is 0 Å². The Balaban J connectivity index is 2.94. The van der Waals surface area contributed by atoms with Crippen LogP contribution in [-0.2, 0) is 0 Å². The predicted molar refractivity (Wildman–Crippen MR) is 53.3 cm³/mol. The number of fused-ring (bicyclic) bond motifs is 1. The molecule has 0 atom stereocenters. The molecular weight excluding hydrogens is 164 g/mol. The van der Waals surface area contributed by atoms with Gasteiger partial charge in [-0.15, -0.1) is 0 Å². The third-order valence-corrected chi connectivity index (χ3v) is 2.00. The van der Waals surface area contributed by atoms with Gasteiger partial charge in [0.15, 0.2) is 0 Å². The van der Waals surface area contributed by atoms with E-state index in [-0.39, 0.29) is 17.1 Å². The molecule has 3 heteroatoms. The molecule has 0 aliphatic rings. The summed E-state index contributed by atoms with van der Waals surface area (Å²) >= 11 is 0. The van der Waals surface area contributed by atoms with E-state index in [0.717, 1.165) is 5.39 Å². The Kier molecular flexibility index (Phi) is 1.52. The largest absolute Gasteiger partial charge is 0.505 e. The highest BCUT2D eigenvalue weighted by Crippen LogP contribution is 2.34. The molecule has 0 amide bonds. The van der Waals surface area contributed by atoms with Crippen molar-refractivity contribution in [2.75, 3.05) is 11.5 Å². The van der Waals surface area contributed by atoms with Crippen molar-refractivity contribution in [2.45, 2.75) is 0 Å². The van der Waals surface area contributed by atoms with Crippen molar-refractivity contribution in [3.63, 3.8) is 0 Å². The number of anilines is 2. The van der Waals surface area contributed by atoms with Gasteiger partial charge in [0.1, 0.15) is 5.75 Å². The SMILES string of the molecule is Nc1[c]c2ccccc2c(O)c1N. The molecule has 2 rings (SSSR count). The standard InChI is InChI=1S/C10H9N2O/c11-8-5-6-3-1-2-4-7(6)10(13)9(8)12/h1-4,13H,11-12H2. The molecular formula is C10H9N2O. The number of nitrogen functional groups attached to an aromatic ring is 2. The lowest BCUT2D eigenvalue weighted by Crippen LogP contribution is -1.95. The third-order valence-electron chi connectivity index (χ3n) is 2.00. The number of hydrogen-bond donors (Lipinski definition) is 3. The quantitative estimate of drug-likeness (QED) is 0.417. The Hall–Kier alpha value is -1.90. The summed E-state index contributed by atoms with van der Waals surface area (Å²) in [6.45, 7) is 0. The summed E-state index contributed by atoms with van der Waals surface area (Å²) in [5, 5.41) is 11.1. The summed E-state index contributed by atoms with van der Waals surface area (Å²) in [6, 6.07) is 10.2. The van der Waals surface area contributed by atoms with Crippen LogP contribution in [-0.4, -0.2) is 5.11 Å². The zero-order valence-corrected chi connectivity index (χ0v) is 6.91. The predicted octanol–water partition coefficient (Wildman–Crippen LogP) is 1.51. The number of nitrogens with two attached hydrogens (primary N) is 2. The zero-order chi connectivity index (χ0) is 9.42. The summed E-state index contributed by atoms with van der Waals surface area (Å²) < 4.78 is 0. The normalized spacial score (nSPS) is 10.5. The van der Waals surface area contributed by atoms with Crippen molar-refractivity contribution in [1.82, 2.24) is 0 Å². The van der Waals surface area contributed by atoms with Crippen molar-refractivity contribution >= 4 is 22.1 Å². The zero-order valence-electron chi connectivity index (χ0n) is 6.91. The molecule has 0 saturated carbocycles. The van der Waals surface area contributed by atoms with Crippen LogP contribution < -0.4 is 11.5 Å². The number of aromatic hydroxyl groups is 1. The molecule has 0 heterocycles. The smallest absolute Gasteiger partial charge is 0.148 e. The topological polar surface area (TPSA) is 72.3 Å². The monoisotopic (exact) mass is 173 g/mol. The van der Waals surface area contributed by atoms with Crippen molar-refractivity contribution in [3.05, 3.63) is 30.3 Å². The van der Waals surface area contributed by atoms with E-state index in [1.54, 1.807) is 6.07 Å². The van der Waals surface area contributed by atoms with E-state index in [4.69, 9.17) is 11.5 Å². The summed E-state index contributed by atoms with van der Waals surface area (Å²) in [6.07, 6.45) is 0. The first kappa shape index (κ1) is 7.73. The molecule has 65 valence electrons. The van der Waals surface area contributed by atoms with Gasteiger partial charge in [0.25, 0.3) is 0 Å². The molecule has 13 heavy (non-hydrogen) atoms. The van der Waals surface area contributed by atoms with Gasteiger partial charge in [-0.3, -0.25) is 0 Å². The van der Waals surface area contributed by atoms with E-state index in [9.17, 15) is 5.11 Å². The van der Waals surface area contributed by atoms with Gasteiger partial charge < -0.3 is 16.6 Å². The maximum Gasteiger partial charge on any atom is 0.148 e. The van der Waals surface area contributed by atoms with Crippen molar-refractivity contribution in [1.29, 1.82) is 0 Å². The van der Waals surface area contributed by atoms with Crippen LogP contribution in [0.4, 0.5) is 11.4 Å². The van der Waals surface area contributed by atoms with E-state index >= 15 is 0 Å². The first-order valence-electron chi connectivity index (χ1n) is 3.88. The van der Waals surface area contributed by atoms with Crippen LogP contribution in [0.2, 0.25) is 0 Å². The van der Waals surface area contributed by atoms with Crippen LogP contribution in [0.25, 0.3) is 10.8 Å². The minimum absolute atomic E-state index is 0.0341. The van der Waals surface area contributed by atoms with E-state index < -0.39 is 0 Å². The average molecular weight is 173 g/mol. The fraction of sp³-hybridized carbons (Fsp3) is 0. The maximum absolute atomic E-state index is 9.61. The fourth-order valence-corrected chi connectivity index (χ4v) is 1.28. The van der Waals surface area contributed by atoms with Crippen molar-refractivity contribution in [2.24, 2.45) is 0 Å². The highest BCUT2D eigenvalue weighted by molar-refractivity contribution is 5.96. The molecule has 0 bridgehead atoms. The van der Waals surface area contributed by atoms with Crippen LogP contribution >= 0.6 is 0 Å². The first-order valence-corrected chi connectivity index (χ1v) is 3.88. The summed E-state index contributed by atoms with van der Waals surface area (Å²) in [4.78, 5) is 0. The lowest BCUT2D eigenvalue weighted by atomic mass is 10.1.